The number of fused-ring (bicyclic) bond motifs is 2. The standard InChI is InChI=1S/C21H19F2N5O2/c1-12-10-28-11-13(8-16(23)20(28)25-12)26-21(29)18-14-2-7-30-19(14)17(9-15(18)22)27-5-3-24-4-6-27/h2,7-11,24H,3-6H2,1H3,(H,26,29). The molecule has 1 fully saturated rings. The van der Waals surface area contributed by atoms with Gasteiger partial charge in [-0.3, -0.25) is 4.79 Å². The molecule has 3 aromatic heterocycles. The zero-order chi connectivity index (χ0) is 20.8. The zero-order valence-electron chi connectivity index (χ0n) is 16.2. The summed E-state index contributed by atoms with van der Waals surface area (Å²) in [5.41, 5.74) is 1.94. The largest absolute Gasteiger partial charge is 0.462 e. The number of amides is 1. The molecule has 4 heterocycles. The molecule has 30 heavy (non-hydrogen) atoms. The van der Waals surface area contributed by atoms with Crippen LogP contribution in [-0.2, 0) is 0 Å². The molecular weight excluding hydrogens is 392 g/mol. The van der Waals surface area contributed by atoms with Gasteiger partial charge in [-0.1, -0.05) is 0 Å². The Hall–Kier alpha value is -3.46. The first-order valence-electron chi connectivity index (χ1n) is 9.63. The number of aryl methyl sites for hydroxylation is 1. The Kier molecular flexibility index (Phi) is 4.39. The van der Waals surface area contributed by atoms with Gasteiger partial charge >= 0.3 is 0 Å². The van der Waals surface area contributed by atoms with Crippen molar-refractivity contribution in [1.29, 1.82) is 0 Å². The second-order valence-corrected chi connectivity index (χ2v) is 7.30. The quantitative estimate of drug-likeness (QED) is 0.541. The van der Waals surface area contributed by atoms with E-state index in [9.17, 15) is 9.18 Å². The van der Waals surface area contributed by atoms with Gasteiger partial charge in [0.25, 0.3) is 5.91 Å². The number of piperazine rings is 1. The lowest BCUT2D eigenvalue weighted by Gasteiger charge is -2.29. The van der Waals surface area contributed by atoms with E-state index in [1.807, 2.05) is 4.90 Å². The molecule has 0 bridgehead atoms. The van der Waals surface area contributed by atoms with Gasteiger partial charge in [0, 0.05) is 56.1 Å². The summed E-state index contributed by atoms with van der Waals surface area (Å²) in [7, 11) is 0. The smallest absolute Gasteiger partial charge is 0.259 e. The summed E-state index contributed by atoms with van der Waals surface area (Å²) in [6.07, 6.45) is 4.62. The van der Waals surface area contributed by atoms with E-state index in [2.05, 4.69) is 15.6 Å². The van der Waals surface area contributed by atoms with Crippen LogP contribution in [0, 0.1) is 18.6 Å². The van der Waals surface area contributed by atoms with Crippen LogP contribution in [0.25, 0.3) is 16.6 Å². The van der Waals surface area contributed by atoms with Gasteiger partial charge in [-0.15, -0.1) is 0 Å². The van der Waals surface area contributed by atoms with Gasteiger partial charge in [0.2, 0.25) is 0 Å². The fourth-order valence-electron chi connectivity index (χ4n) is 3.90. The molecule has 0 saturated carbocycles. The highest BCUT2D eigenvalue weighted by molar-refractivity contribution is 6.14. The Balaban J connectivity index is 1.52. The second kappa shape index (κ2) is 7.10. The number of anilines is 2. The third-order valence-electron chi connectivity index (χ3n) is 5.24. The predicted octanol–water partition coefficient (Wildman–Crippen LogP) is 3.33. The van der Waals surface area contributed by atoms with Crippen LogP contribution in [0.5, 0.6) is 0 Å². The lowest BCUT2D eigenvalue weighted by Crippen LogP contribution is -2.43. The Morgan fingerprint density at radius 1 is 1.20 bits per heavy atom. The van der Waals surface area contributed by atoms with Gasteiger partial charge in [0.1, 0.15) is 5.82 Å². The Bertz CT molecular complexity index is 1270. The van der Waals surface area contributed by atoms with Crippen LogP contribution >= 0.6 is 0 Å². The maximum atomic E-state index is 15.1. The number of nitrogens with one attached hydrogen (secondary N) is 2. The highest BCUT2D eigenvalue weighted by Crippen LogP contribution is 2.33. The van der Waals surface area contributed by atoms with E-state index >= 15 is 4.39 Å². The molecule has 1 aliphatic heterocycles. The summed E-state index contributed by atoms with van der Waals surface area (Å²) < 4.78 is 36.5. The average molecular weight is 411 g/mol. The monoisotopic (exact) mass is 411 g/mol. The molecule has 1 amide bonds. The molecule has 154 valence electrons. The van der Waals surface area contributed by atoms with Gasteiger partial charge in [-0.2, -0.15) is 0 Å². The van der Waals surface area contributed by atoms with Crippen LogP contribution in [0.1, 0.15) is 16.1 Å². The molecule has 7 nitrogen and oxygen atoms in total. The fraction of sp³-hybridized carbons (Fsp3) is 0.238. The van der Waals surface area contributed by atoms with Gasteiger partial charge in [0.15, 0.2) is 17.0 Å². The van der Waals surface area contributed by atoms with Crippen molar-refractivity contribution in [2.45, 2.75) is 6.92 Å². The van der Waals surface area contributed by atoms with Crippen LogP contribution in [0.15, 0.2) is 41.3 Å². The fourth-order valence-corrected chi connectivity index (χ4v) is 3.90. The minimum atomic E-state index is -0.679. The second-order valence-electron chi connectivity index (χ2n) is 7.30. The van der Waals surface area contributed by atoms with Crippen molar-refractivity contribution >= 4 is 33.9 Å². The lowest BCUT2D eigenvalue weighted by molar-refractivity contribution is 0.102. The number of benzene rings is 1. The van der Waals surface area contributed by atoms with E-state index in [1.54, 1.807) is 19.2 Å². The summed E-state index contributed by atoms with van der Waals surface area (Å²) >= 11 is 0. The van der Waals surface area contributed by atoms with Crippen molar-refractivity contribution in [2.24, 2.45) is 0 Å². The summed E-state index contributed by atoms with van der Waals surface area (Å²) in [6, 6.07) is 4.07. The molecule has 1 aliphatic rings. The van der Waals surface area contributed by atoms with Gasteiger partial charge in [0.05, 0.1) is 28.9 Å². The maximum Gasteiger partial charge on any atom is 0.259 e. The van der Waals surface area contributed by atoms with Crippen molar-refractivity contribution in [3.8, 4) is 0 Å². The van der Waals surface area contributed by atoms with E-state index in [4.69, 9.17) is 4.42 Å². The number of imidazole rings is 1. The number of carbonyl (C=O) groups is 1. The highest BCUT2D eigenvalue weighted by Gasteiger charge is 2.24. The molecule has 4 aromatic rings. The Morgan fingerprint density at radius 2 is 2.00 bits per heavy atom. The summed E-state index contributed by atoms with van der Waals surface area (Å²) in [6.45, 7) is 4.74. The number of rotatable bonds is 3. The lowest BCUT2D eigenvalue weighted by atomic mass is 10.1. The predicted molar refractivity (Wildman–Crippen MR) is 109 cm³/mol. The van der Waals surface area contributed by atoms with Crippen molar-refractivity contribution in [2.75, 3.05) is 36.4 Å². The van der Waals surface area contributed by atoms with Gasteiger partial charge in [-0.25, -0.2) is 13.8 Å². The number of aromatic nitrogens is 2. The highest BCUT2D eigenvalue weighted by atomic mass is 19.1. The molecule has 5 rings (SSSR count). The number of hydrogen-bond donors (Lipinski definition) is 2. The first-order chi connectivity index (χ1) is 14.5. The van der Waals surface area contributed by atoms with Crippen LogP contribution in [0.3, 0.4) is 0 Å². The third kappa shape index (κ3) is 3.07. The topological polar surface area (TPSA) is 74.8 Å². The molecule has 0 radical (unpaired) electrons. The SMILES string of the molecule is Cc1cn2cc(NC(=O)c3c(F)cc(N4CCNCC4)c4occc34)cc(F)c2n1. The first-order valence-corrected chi connectivity index (χ1v) is 9.63. The molecule has 0 aliphatic carbocycles. The first kappa shape index (κ1) is 18.6. The minimum absolute atomic E-state index is 0.139. The van der Waals surface area contributed by atoms with E-state index < -0.39 is 17.5 Å². The number of hydrogen-bond acceptors (Lipinski definition) is 5. The number of nitrogens with zero attached hydrogens (tertiary/aromatic N) is 3. The van der Waals surface area contributed by atoms with Gasteiger partial charge < -0.3 is 24.4 Å². The summed E-state index contributed by atoms with van der Waals surface area (Å²) in [5.74, 6) is -1.92. The third-order valence-corrected chi connectivity index (χ3v) is 5.24. The van der Waals surface area contributed by atoms with Crippen LogP contribution in [0.4, 0.5) is 20.2 Å². The van der Waals surface area contributed by atoms with Gasteiger partial charge in [-0.05, 0) is 13.0 Å². The molecule has 9 heteroatoms. The maximum absolute atomic E-state index is 15.1. The zero-order valence-corrected chi connectivity index (χ0v) is 16.2. The minimum Gasteiger partial charge on any atom is -0.462 e. The van der Waals surface area contributed by atoms with E-state index in [-0.39, 0.29) is 16.9 Å². The van der Waals surface area contributed by atoms with Crippen LogP contribution in [-0.4, -0.2) is 41.5 Å². The van der Waals surface area contributed by atoms with Crippen molar-refractivity contribution < 1.29 is 18.0 Å². The van der Waals surface area contributed by atoms with E-state index in [0.29, 0.717) is 35.4 Å². The van der Waals surface area contributed by atoms with Crippen molar-refractivity contribution in [1.82, 2.24) is 14.7 Å². The number of pyridine rings is 1. The average Bonchev–Trinajstić information content (AvgIpc) is 3.34. The normalized spacial score (nSPS) is 14.6. The number of carbonyl (C=O) groups excluding carboxylic acids is 1. The Morgan fingerprint density at radius 3 is 2.80 bits per heavy atom. The molecular formula is C21H19F2N5O2. The van der Waals surface area contributed by atoms with Crippen molar-refractivity contribution in [3.05, 3.63) is 59.7 Å². The van der Waals surface area contributed by atoms with Crippen molar-refractivity contribution in [3.63, 3.8) is 0 Å². The molecule has 1 aromatic carbocycles. The van der Waals surface area contributed by atoms with E-state index in [1.165, 1.54) is 29.0 Å². The Labute approximate surface area is 170 Å². The van der Waals surface area contributed by atoms with E-state index in [0.717, 1.165) is 13.1 Å². The summed E-state index contributed by atoms with van der Waals surface area (Å²) in [5, 5.41) is 6.21. The number of furan rings is 1. The summed E-state index contributed by atoms with van der Waals surface area (Å²) in [4.78, 5) is 19.0. The molecule has 0 unspecified atom stereocenters. The molecule has 0 atom stereocenters. The van der Waals surface area contributed by atoms with Crippen LogP contribution in [0.2, 0.25) is 0 Å². The molecule has 2 N–H and O–H groups in total. The van der Waals surface area contributed by atoms with Crippen LogP contribution < -0.4 is 15.5 Å². The number of halogens is 2. The molecule has 1 saturated heterocycles. The molecule has 0 spiro atoms.